The molecule has 2 heteroatoms. The van der Waals surface area contributed by atoms with Crippen LogP contribution in [-0.2, 0) is 4.74 Å². The number of hydrogen-bond acceptors (Lipinski definition) is 1. The predicted octanol–water partition coefficient (Wildman–Crippen LogP) is -0.0489. The van der Waals surface area contributed by atoms with Crippen LogP contribution in [0.15, 0.2) is 0 Å². The van der Waals surface area contributed by atoms with E-state index >= 15 is 0 Å². The van der Waals surface area contributed by atoms with Crippen LogP contribution in [0.2, 0.25) is 0 Å². The molecule has 0 aromatic carbocycles. The van der Waals surface area contributed by atoms with Gasteiger partial charge in [-0.2, -0.15) is 0 Å². The molecule has 5 heavy (non-hydrogen) atoms. The van der Waals surface area contributed by atoms with E-state index in [0.29, 0.717) is 6.61 Å². The van der Waals surface area contributed by atoms with Gasteiger partial charge in [-0.25, -0.2) is 0 Å². The summed E-state index contributed by atoms with van der Waals surface area (Å²) < 4.78 is 4.49. The van der Waals surface area contributed by atoms with Crippen LogP contribution in [0.1, 0.15) is 6.92 Å². The van der Waals surface area contributed by atoms with Gasteiger partial charge in [0.15, 0.2) is 0 Å². The van der Waals surface area contributed by atoms with Crippen molar-refractivity contribution < 1.29 is 4.74 Å². The van der Waals surface area contributed by atoms with E-state index in [9.17, 15) is 0 Å². The first-order valence-electron chi connectivity index (χ1n) is 1.56. The Morgan fingerprint density at radius 3 is 2.60 bits per heavy atom. The SMILES string of the molecule is [B]=COCC. The summed E-state index contributed by atoms with van der Waals surface area (Å²) in [6.07, 6.45) is 1.18. The first-order chi connectivity index (χ1) is 2.41. The van der Waals surface area contributed by atoms with Gasteiger partial charge in [0.05, 0.1) is 0 Å². The van der Waals surface area contributed by atoms with Gasteiger partial charge < -0.3 is 0 Å². The summed E-state index contributed by atoms with van der Waals surface area (Å²) in [6, 6.07) is 0. The fraction of sp³-hybridized carbons (Fsp3) is 0.667. The Bertz CT molecular complexity index is 28.1. The van der Waals surface area contributed by atoms with Gasteiger partial charge in [0.1, 0.15) is 0 Å². The molecule has 1 radical (unpaired) electrons. The molecular formula is C3H6BO. The minimum absolute atomic E-state index is 0.663. The average molecular weight is 68.9 g/mol. The van der Waals surface area contributed by atoms with E-state index in [1.165, 1.54) is 6.15 Å². The van der Waals surface area contributed by atoms with Gasteiger partial charge in [-0.3, -0.25) is 0 Å². The van der Waals surface area contributed by atoms with Crippen LogP contribution in [0.25, 0.3) is 0 Å². The van der Waals surface area contributed by atoms with Crippen LogP contribution in [0, 0.1) is 0 Å². The fourth-order valence-corrected chi connectivity index (χ4v) is 0.0962. The summed E-state index contributed by atoms with van der Waals surface area (Å²) in [6.45, 7) is 2.54. The summed E-state index contributed by atoms with van der Waals surface area (Å²) in [5, 5.41) is 0. The Labute approximate surface area is 33.0 Å². The monoisotopic (exact) mass is 69.1 g/mol. The van der Waals surface area contributed by atoms with E-state index in [1.54, 1.807) is 0 Å². The second-order valence-corrected chi connectivity index (χ2v) is 0.591. The molecular weight excluding hydrogens is 62.8 g/mol. The van der Waals surface area contributed by atoms with Crippen molar-refractivity contribution in [3.8, 4) is 0 Å². The Balaban J connectivity index is 2.40. The van der Waals surface area contributed by atoms with E-state index in [0.717, 1.165) is 0 Å². The van der Waals surface area contributed by atoms with Gasteiger partial charge in [0.25, 0.3) is 0 Å². The fourth-order valence-electron chi connectivity index (χ4n) is 0.0962. The van der Waals surface area contributed by atoms with Crippen LogP contribution < -0.4 is 0 Å². The second-order valence-electron chi connectivity index (χ2n) is 0.591. The minimum atomic E-state index is 0.663. The zero-order valence-corrected chi connectivity index (χ0v) is 3.27. The molecule has 0 amide bonds. The van der Waals surface area contributed by atoms with Crippen molar-refractivity contribution in [3.05, 3.63) is 0 Å². The molecule has 0 rings (SSSR count). The van der Waals surface area contributed by atoms with Gasteiger partial charge >= 0.3 is 31.9 Å². The molecule has 0 atom stereocenters. The topological polar surface area (TPSA) is 9.23 Å². The molecule has 27 valence electrons. The molecule has 0 N–H and O–H groups in total. The number of hydrogen-bond donors (Lipinski definition) is 0. The standard InChI is InChI=1S/C3H6BO/c1-2-5-3-4/h3H,2H2,1H3. The zero-order valence-electron chi connectivity index (χ0n) is 3.27. The summed E-state index contributed by atoms with van der Waals surface area (Å²) in [5.74, 6) is 0. The molecule has 0 saturated carbocycles. The first kappa shape index (κ1) is 4.73. The molecule has 0 unspecified atom stereocenters. The van der Waals surface area contributed by atoms with E-state index < -0.39 is 0 Å². The number of rotatable bonds is 2. The molecule has 0 aromatic rings. The van der Waals surface area contributed by atoms with Crippen molar-refractivity contribution in [2.24, 2.45) is 0 Å². The molecule has 0 aromatic heterocycles. The van der Waals surface area contributed by atoms with Gasteiger partial charge in [-0.15, -0.1) is 0 Å². The third-order valence-corrected chi connectivity index (χ3v) is 0.263. The summed E-state index contributed by atoms with van der Waals surface area (Å²) in [5.41, 5.74) is 0. The van der Waals surface area contributed by atoms with Crippen molar-refractivity contribution >= 4 is 13.6 Å². The predicted molar refractivity (Wildman–Crippen MR) is 23.4 cm³/mol. The van der Waals surface area contributed by atoms with Crippen LogP contribution in [0.3, 0.4) is 0 Å². The molecule has 0 saturated heterocycles. The van der Waals surface area contributed by atoms with E-state index in [4.69, 9.17) is 7.49 Å². The van der Waals surface area contributed by atoms with E-state index in [2.05, 4.69) is 4.74 Å². The second kappa shape index (κ2) is 3.73. The summed E-state index contributed by atoms with van der Waals surface area (Å²) in [4.78, 5) is 0. The Kier molecular flexibility index (Phi) is 3.54. The zero-order chi connectivity index (χ0) is 4.12. The van der Waals surface area contributed by atoms with Crippen LogP contribution in [0.4, 0.5) is 0 Å². The molecule has 0 spiro atoms. The van der Waals surface area contributed by atoms with Crippen molar-refractivity contribution in [2.75, 3.05) is 6.61 Å². The third-order valence-electron chi connectivity index (χ3n) is 0.263. The molecule has 0 fully saturated rings. The average Bonchev–Trinajstić information content (AvgIpc) is 1.41. The summed E-state index contributed by atoms with van der Waals surface area (Å²) >= 11 is 0. The van der Waals surface area contributed by atoms with Crippen LogP contribution in [-0.4, -0.2) is 20.2 Å². The third kappa shape index (κ3) is 3.73. The van der Waals surface area contributed by atoms with Crippen molar-refractivity contribution in [3.63, 3.8) is 0 Å². The van der Waals surface area contributed by atoms with Crippen molar-refractivity contribution in [1.82, 2.24) is 0 Å². The summed E-state index contributed by atoms with van der Waals surface area (Å²) in [7, 11) is 4.79. The van der Waals surface area contributed by atoms with E-state index in [-0.39, 0.29) is 0 Å². The molecule has 0 aliphatic carbocycles. The molecule has 0 aliphatic heterocycles. The molecule has 0 aliphatic rings. The van der Waals surface area contributed by atoms with Gasteiger partial charge in [-0.05, 0) is 0 Å². The molecule has 1 nitrogen and oxygen atoms in total. The number of ether oxygens (including phenoxy) is 1. The van der Waals surface area contributed by atoms with Gasteiger partial charge in [0.2, 0.25) is 0 Å². The van der Waals surface area contributed by atoms with E-state index in [1.807, 2.05) is 6.92 Å². The van der Waals surface area contributed by atoms with Crippen LogP contribution >= 0.6 is 0 Å². The Morgan fingerprint density at radius 1 is 2.00 bits per heavy atom. The quantitative estimate of drug-likeness (QED) is 0.413. The molecule has 0 bridgehead atoms. The maximum absolute atomic E-state index is 4.79. The normalized spacial score (nSPS) is 6.40. The first-order valence-corrected chi connectivity index (χ1v) is 1.56. The van der Waals surface area contributed by atoms with Crippen molar-refractivity contribution in [2.45, 2.75) is 6.92 Å². The Hall–Kier alpha value is -0.265. The maximum atomic E-state index is 4.79. The van der Waals surface area contributed by atoms with Crippen molar-refractivity contribution in [1.29, 1.82) is 0 Å². The molecule has 0 heterocycles. The van der Waals surface area contributed by atoms with Crippen LogP contribution in [0.5, 0.6) is 0 Å². The Morgan fingerprint density at radius 2 is 2.60 bits per heavy atom. The van der Waals surface area contributed by atoms with Gasteiger partial charge in [0, 0.05) is 0 Å². The van der Waals surface area contributed by atoms with Gasteiger partial charge in [-0.1, -0.05) is 0 Å².